The number of aromatic nitrogens is 1. The Bertz CT molecular complexity index is 744. The molecule has 0 aliphatic heterocycles. The number of benzene rings is 2. The molecular formula is C17H14BrNS. The maximum absolute atomic E-state index is 4.84. The van der Waals surface area contributed by atoms with Crippen molar-refractivity contribution in [3.8, 4) is 21.8 Å². The molecule has 0 bridgehead atoms. The SMILES string of the molecule is Cc1ccccc1-c1nc(-c2ccc(Br)cc2)c(C)s1. The van der Waals surface area contributed by atoms with Crippen LogP contribution >= 0.6 is 27.3 Å². The van der Waals surface area contributed by atoms with Gasteiger partial charge in [-0.1, -0.05) is 52.3 Å². The molecule has 20 heavy (non-hydrogen) atoms. The van der Waals surface area contributed by atoms with Crippen LogP contribution in [0, 0.1) is 13.8 Å². The summed E-state index contributed by atoms with van der Waals surface area (Å²) in [6.07, 6.45) is 0. The summed E-state index contributed by atoms with van der Waals surface area (Å²) in [6.45, 7) is 4.27. The minimum absolute atomic E-state index is 1.08. The average molecular weight is 344 g/mol. The second-order valence-corrected chi connectivity index (χ2v) is 6.86. The smallest absolute Gasteiger partial charge is 0.124 e. The van der Waals surface area contributed by atoms with Gasteiger partial charge in [-0.05, 0) is 31.5 Å². The molecule has 3 rings (SSSR count). The molecule has 0 aliphatic carbocycles. The molecule has 1 nitrogen and oxygen atoms in total. The van der Waals surface area contributed by atoms with Crippen LogP contribution in [0.4, 0.5) is 0 Å². The number of halogens is 1. The fraction of sp³-hybridized carbons (Fsp3) is 0.118. The van der Waals surface area contributed by atoms with Crippen LogP contribution in [0.25, 0.3) is 21.8 Å². The van der Waals surface area contributed by atoms with Gasteiger partial charge in [0.1, 0.15) is 5.01 Å². The van der Waals surface area contributed by atoms with Gasteiger partial charge in [0.15, 0.2) is 0 Å². The standard InChI is InChI=1S/C17H14BrNS/c1-11-5-3-4-6-15(11)17-19-16(12(2)20-17)13-7-9-14(18)10-8-13/h3-10H,1-2H3. The zero-order valence-electron chi connectivity index (χ0n) is 11.4. The lowest BCUT2D eigenvalue weighted by Gasteiger charge is -2.01. The average Bonchev–Trinajstić information content (AvgIpc) is 2.82. The van der Waals surface area contributed by atoms with E-state index in [4.69, 9.17) is 4.98 Å². The van der Waals surface area contributed by atoms with E-state index in [1.807, 2.05) is 0 Å². The molecule has 3 aromatic rings. The Kier molecular flexibility index (Phi) is 3.72. The van der Waals surface area contributed by atoms with E-state index >= 15 is 0 Å². The van der Waals surface area contributed by atoms with Gasteiger partial charge in [0.2, 0.25) is 0 Å². The van der Waals surface area contributed by atoms with Gasteiger partial charge in [0, 0.05) is 20.5 Å². The molecule has 0 radical (unpaired) electrons. The van der Waals surface area contributed by atoms with E-state index in [1.54, 1.807) is 11.3 Å². The first kappa shape index (κ1) is 13.5. The highest BCUT2D eigenvalue weighted by Gasteiger charge is 2.12. The lowest BCUT2D eigenvalue weighted by atomic mass is 10.1. The van der Waals surface area contributed by atoms with Gasteiger partial charge >= 0.3 is 0 Å². The highest BCUT2D eigenvalue weighted by atomic mass is 79.9. The highest BCUT2D eigenvalue weighted by molar-refractivity contribution is 9.10. The van der Waals surface area contributed by atoms with E-state index in [2.05, 4.69) is 78.3 Å². The number of hydrogen-bond donors (Lipinski definition) is 0. The molecule has 1 aromatic heterocycles. The Balaban J connectivity index is 2.08. The molecule has 0 unspecified atom stereocenters. The van der Waals surface area contributed by atoms with Crippen molar-refractivity contribution < 1.29 is 0 Å². The summed E-state index contributed by atoms with van der Waals surface area (Å²) in [6, 6.07) is 16.7. The summed E-state index contributed by atoms with van der Waals surface area (Å²) in [5.41, 5.74) is 4.75. The van der Waals surface area contributed by atoms with E-state index in [1.165, 1.54) is 21.6 Å². The van der Waals surface area contributed by atoms with E-state index in [0.717, 1.165) is 15.2 Å². The van der Waals surface area contributed by atoms with Crippen LogP contribution in [-0.2, 0) is 0 Å². The number of rotatable bonds is 2. The van der Waals surface area contributed by atoms with Crippen molar-refractivity contribution in [2.24, 2.45) is 0 Å². The van der Waals surface area contributed by atoms with Crippen LogP contribution in [0.1, 0.15) is 10.4 Å². The normalized spacial score (nSPS) is 10.8. The second kappa shape index (κ2) is 5.51. The molecule has 1 heterocycles. The predicted octanol–water partition coefficient (Wildman–Crippen LogP) is 5.86. The Morgan fingerprint density at radius 1 is 0.950 bits per heavy atom. The van der Waals surface area contributed by atoms with Gasteiger partial charge in [0.25, 0.3) is 0 Å². The third-order valence-electron chi connectivity index (χ3n) is 3.29. The van der Waals surface area contributed by atoms with E-state index in [9.17, 15) is 0 Å². The van der Waals surface area contributed by atoms with Crippen molar-refractivity contribution in [1.82, 2.24) is 4.98 Å². The number of nitrogens with zero attached hydrogens (tertiary/aromatic N) is 1. The molecule has 0 spiro atoms. The van der Waals surface area contributed by atoms with Crippen molar-refractivity contribution in [2.45, 2.75) is 13.8 Å². The Labute approximate surface area is 131 Å². The molecule has 2 aromatic carbocycles. The summed E-state index contributed by atoms with van der Waals surface area (Å²) in [5, 5.41) is 1.10. The molecule has 0 atom stereocenters. The largest absolute Gasteiger partial charge is 0.236 e. The minimum atomic E-state index is 1.08. The van der Waals surface area contributed by atoms with Crippen LogP contribution < -0.4 is 0 Å². The van der Waals surface area contributed by atoms with Crippen molar-refractivity contribution >= 4 is 27.3 Å². The fourth-order valence-corrected chi connectivity index (χ4v) is 3.49. The van der Waals surface area contributed by atoms with Crippen molar-refractivity contribution in [2.75, 3.05) is 0 Å². The molecular weight excluding hydrogens is 330 g/mol. The predicted molar refractivity (Wildman–Crippen MR) is 90.2 cm³/mol. The molecule has 0 amide bonds. The molecule has 0 saturated carbocycles. The lowest BCUT2D eigenvalue weighted by molar-refractivity contribution is 1.35. The lowest BCUT2D eigenvalue weighted by Crippen LogP contribution is -1.83. The van der Waals surface area contributed by atoms with Crippen molar-refractivity contribution in [1.29, 1.82) is 0 Å². The molecule has 100 valence electrons. The second-order valence-electron chi connectivity index (χ2n) is 4.75. The molecule has 3 heteroatoms. The van der Waals surface area contributed by atoms with Crippen molar-refractivity contribution in [3.63, 3.8) is 0 Å². The van der Waals surface area contributed by atoms with E-state index in [0.29, 0.717) is 0 Å². The van der Waals surface area contributed by atoms with Crippen molar-refractivity contribution in [3.05, 3.63) is 63.4 Å². The Hall–Kier alpha value is -1.45. The maximum atomic E-state index is 4.84. The Morgan fingerprint density at radius 3 is 2.35 bits per heavy atom. The minimum Gasteiger partial charge on any atom is -0.236 e. The van der Waals surface area contributed by atoms with Crippen LogP contribution in [0.15, 0.2) is 53.0 Å². The maximum Gasteiger partial charge on any atom is 0.124 e. The van der Waals surface area contributed by atoms with Gasteiger partial charge in [0.05, 0.1) is 5.69 Å². The quantitative estimate of drug-likeness (QED) is 0.568. The van der Waals surface area contributed by atoms with E-state index in [-0.39, 0.29) is 0 Å². The molecule has 0 fully saturated rings. The van der Waals surface area contributed by atoms with Gasteiger partial charge in [-0.2, -0.15) is 0 Å². The van der Waals surface area contributed by atoms with Gasteiger partial charge in [-0.3, -0.25) is 0 Å². The Morgan fingerprint density at radius 2 is 1.65 bits per heavy atom. The third kappa shape index (κ3) is 2.56. The first-order valence-electron chi connectivity index (χ1n) is 6.44. The first-order valence-corrected chi connectivity index (χ1v) is 8.05. The summed E-state index contributed by atoms with van der Waals surface area (Å²) < 4.78 is 1.09. The number of thiazole rings is 1. The van der Waals surface area contributed by atoms with Crippen LogP contribution in [0.5, 0.6) is 0 Å². The number of aryl methyl sites for hydroxylation is 2. The molecule has 0 saturated heterocycles. The van der Waals surface area contributed by atoms with Gasteiger partial charge in [-0.25, -0.2) is 4.98 Å². The summed E-state index contributed by atoms with van der Waals surface area (Å²) in [7, 11) is 0. The number of hydrogen-bond acceptors (Lipinski definition) is 2. The topological polar surface area (TPSA) is 12.9 Å². The third-order valence-corrected chi connectivity index (χ3v) is 4.82. The van der Waals surface area contributed by atoms with E-state index < -0.39 is 0 Å². The van der Waals surface area contributed by atoms with Gasteiger partial charge in [-0.15, -0.1) is 11.3 Å². The van der Waals surface area contributed by atoms with Gasteiger partial charge < -0.3 is 0 Å². The summed E-state index contributed by atoms with van der Waals surface area (Å²) >= 11 is 5.23. The zero-order chi connectivity index (χ0) is 14.1. The molecule has 0 aliphatic rings. The monoisotopic (exact) mass is 343 g/mol. The summed E-state index contributed by atoms with van der Waals surface area (Å²) in [4.78, 5) is 6.10. The highest BCUT2D eigenvalue weighted by Crippen LogP contribution is 2.34. The van der Waals surface area contributed by atoms with Crippen LogP contribution in [0.2, 0.25) is 0 Å². The van der Waals surface area contributed by atoms with Crippen LogP contribution in [0.3, 0.4) is 0 Å². The zero-order valence-corrected chi connectivity index (χ0v) is 13.8. The molecule has 0 N–H and O–H groups in total. The first-order chi connectivity index (χ1) is 9.65. The fourth-order valence-electron chi connectivity index (χ4n) is 2.20. The summed E-state index contributed by atoms with van der Waals surface area (Å²) in [5.74, 6) is 0. The van der Waals surface area contributed by atoms with Crippen LogP contribution in [-0.4, -0.2) is 4.98 Å².